The van der Waals surface area contributed by atoms with Crippen molar-refractivity contribution < 1.29 is 9.53 Å². The van der Waals surface area contributed by atoms with E-state index in [0.717, 1.165) is 19.5 Å². The highest BCUT2D eigenvalue weighted by Gasteiger charge is 2.25. The second kappa shape index (κ2) is 7.92. The maximum absolute atomic E-state index is 11.9. The van der Waals surface area contributed by atoms with Crippen molar-refractivity contribution in [3.63, 3.8) is 0 Å². The van der Waals surface area contributed by atoms with E-state index in [0.29, 0.717) is 19.0 Å². The number of amides is 1. The molecule has 0 spiro atoms. The van der Waals surface area contributed by atoms with Crippen LogP contribution in [-0.4, -0.2) is 48.7 Å². The highest BCUT2D eigenvalue weighted by molar-refractivity contribution is 7.07. The standard InChI is InChI=1S/C16H26N2O2S/c1-12(18-9-13(2)20-14(3)10-18)8-17-16(19)5-4-15-6-7-21-11-15/h6-7,11-14H,4-5,8-10H2,1-3H3,(H,17,19)/t12-,13+,14+/m0/s1. The van der Waals surface area contributed by atoms with Gasteiger partial charge in [-0.1, -0.05) is 0 Å². The molecule has 118 valence electrons. The third-order valence-electron chi connectivity index (χ3n) is 3.89. The number of ether oxygens (including phenoxy) is 1. The topological polar surface area (TPSA) is 41.6 Å². The number of aryl methyl sites for hydroxylation is 1. The van der Waals surface area contributed by atoms with Crippen LogP contribution in [0.3, 0.4) is 0 Å². The first-order chi connectivity index (χ1) is 10.0. The van der Waals surface area contributed by atoms with Crippen molar-refractivity contribution in [2.45, 2.75) is 51.9 Å². The Hall–Kier alpha value is -0.910. The Balaban J connectivity index is 1.68. The van der Waals surface area contributed by atoms with Crippen molar-refractivity contribution in [2.75, 3.05) is 19.6 Å². The largest absolute Gasteiger partial charge is 0.373 e. The van der Waals surface area contributed by atoms with E-state index in [9.17, 15) is 4.79 Å². The lowest BCUT2D eigenvalue weighted by Crippen LogP contribution is -2.52. The number of carbonyl (C=O) groups excluding carboxylic acids is 1. The molecule has 1 aromatic heterocycles. The van der Waals surface area contributed by atoms with Crippen molar-refractivity contribution in [3.05, 3.63) is 22.4 Å². The van der Waals surface area contributed by atoms with Crippen LogP contribution < -0.4 is 5.32 Å². The van der Waals surface area contributed by atoms with Gasteiger partial charge in [0, 0.05) is 32.1 Å². The number of hydrogen-bond donors (Lipinski definition) is 1. The van der Waals surface area contributed by atoms with E-state index in [1.54, 1.807) is 11.3 Å². The molecule has 1 aliphatic rings. The van der Waals surface area contributed by atoms with Crippen LogP contribution >= 0.6 is 11.3 Å². The molecule has 1 aromatic rings. The van der Waals surface area contributed by atoms with Crippen LogP contribution in [0.2, 0.25) is 0 Å². The van der Waals surface area contributed by atoms with Crippen LogP contribution in [0.5, 0.6) is 0 Å². The van der Waals surface area contributed by atoms with Gasteiger partial charge in [0.1, 0.15) is 0 Å². The molecular weight excluding hydrogens is 284 g/mol. The Morgan fingerprint density at radius 1 is 1.48 bits per heavy atom. The van der Waals surface area contributed by atoms with E-state index in [4.69, 9.17) is 4.74 Å². The highest BCUT2D eigenvalue weighted by atomic mass is 32.1. The van der Waals surface area contributed by atoms with Gasteiger partial charge in [0.15, 0.2) is 0 Å². The van der Waals surface area contributed by atoms with Gasteiger partial charge in [-0.05, 0) is 49.6 Å². The molecule has 0 saturated carbocycles. The van der Waals surface area contributed by atoms with Crippen LogP contribution in [0.25, 0.3) is 0 Å². The highest BCUT2D eigenvalue weighted by Crippen LogP contribution is 2.13. The zero-order valence-electron chi connectivity index (χ0n) is 13.2. The van der Waals surface area contributed by atoms with Crippen LogP contribution in [0.4, 0.5) is 0 Å². The average molecular weight is 310 g/mol. The van der Waals surface area contributed by atoms with Crippen molar-refractivity contribution in [1.29, 1.82) is 0 Å². The monoisotopic (exact) mass is 310 g/mol. The molecule has 1 N–H and O–H groups in total. The van der Waals surface area contributed by atoms with Crippen molar-refractivity contribution in [3.8, 4) is 0 Å². The Labute approximate surface area is 131 Å². The number of morpholine rings is 1. The van der Waals surface area contributed by atoms with E-state index >= 15 is 0 Å². The van der Waals surface area contributed by atoms with Gasteiger partial charge in [-0.3, -0.25) is 9.69 Å². The third kappa shape index (κ3) is 5.41. The molecule has 2 rings (SSSR count). The van der Waals surface area contributed by atoms with Gasteiger partial charge in [-0.2, -0.15) is 11.3 Å². The van der Waals surface area contributed by atoms with Crippen molar-refractivity contribution in [1.82, 2.24) is 10.2 Å². The molecule has 1 aliphatic heterocycles. The van der Waals surface area contributed by atoms with Crippen LogP contribution in [0, 0.1) is 0 Å². The van der Waals surface area contributed by atoms with Crippen LogP contribution in [-0.2, 0) is 16.0 Å². The van der Waals surface area contributed by atoms with Crippen molar-refractivity contribution >= 4 is 17.2 Å². The molecule has 0 aliphatic carbocycles. The first-order valence-corrected chi connectivity index (χ1v) is 8.66. The summed E-state index contributed by atoms with van der Waals surface area (Å²) in [5.74, 6) is 0.141. The molecule has 3 atom stereocenters. The fourth-order valence-corrected chi connectivity index (χ4v) is 3.45. The molecule has 1 fully saturated rings. The first-order valence-electron chi connectivity index (χ1n) is 7.72. The second-order valence-corrected chi connectivity index (χ2v) is 6.78. The molecule has 5 heteroatoms. The minimum Gasteiger partial charge on any atom is -0.373 e. The molecule has 0 unspecified atom stereocenters. The van der Waals surface area contributed by atoms with E-state index in [-0.39, 0.29) is 18.1 Å². The Morgan fingerprint density at radius 3 is 2.81 bits per heavy atom. The van der Waals surface area contributed by atoms with Gasteiger partial charge < -0.3 is 10.1 Å². The quantitative estimate of drug-likeness (QED) is 0.876. The number of nitrogens with one attached hydrogen (secondary N) is 1. The SMILES string of the molecule is C[C@@H]1CN([C@@H](C)CNC(=O)CCc2ccsc2)C[C@@H](C)O1. The molecule has 0 aromatic carbocycles. The summed E-state index contributed by atoms with van der Waals surface area (Å²) in [6, 6.07) is 2.43. The summed E-state index contributed by atoms with van der Waals surface area (Å²) in [7, 11) is 0. The normalized spacial score (nSPS) is 24.7. The zero-order valence-corrected chi connectivity index (χ0v) is 14.0. The Bertz CT molecular complexity index is 425. The minimum absolute atomic E-state index is 0.141. The third-order valence-corrected chi connectivity index (χ3v) is 4.62. The smallest absolute Gasteiger partial charge is 0.220 e. The summed E-state index contributed by atoms with van der Waals surface area (Å²) in [4.78, 5) is 14.3. The molecule has 1 saturated heterocycles. The average Bonchev–Trinajstić information content (AvgIpc) is 2.94. The lowest BCUT2D eigenvalue weighted by molar-refractivity contribution is -0.121. The van der Waals surface area contributed by atoms with Crippen molar-refractivity contribution in [2.24, 2.45) is 0 Å². The number of thiophene rings is 1. The maximum atomic E-state index is 11.9. The predicted molar refractivity (Wildman–Crippen MR) is 86.7 cm³/mol. The number of carbonyl (C=O) groups is 1. The Kier molecular flexibility index (Phi) is 6.21. The van der Waals surface area contributed by atoms with E-state index in [1.807, 2.05) is 0 Å². The summed E-state index contributed by atoms with van der Waals surface area (Å²) in [6.45, 7) is 8.97. The van der Waals surface area contributed by atoms with Gasteiger partial charge in [-0.25, -0.2) is 0 Å². The predicted octanol–water partition coefficient (Wildman–Crippen LogP) is 2.29. The zero-order chi connectivity index (χ0) is 15.2. The van der Waals surface area contributed by atoms with E-state index in [1.165, 1.54) is 5.56 Å². The lowest BCUT2D eigenvalue weighted by atomic mass is 10.1. The molecule has 1 amide bonds. The molecular formula is C16H26N2O2S. The van der Waals surface area contributed by atoms with Gasteiger partial charge in [-0.15, -0.1) is 0 Å². The van der Waals surface area contributed by atoms with Gasteiger partial charge in [0.05, 0.1) is 12.2 Å². The fraction of sp³-hybridized carbons (Fsp3) is 0.688. The lowest BCUT2D eigenvalue weighted by Gasteiger charge is -2.39. The van der Waals surface area contributed by atoms with E-state index < -0.39 is 0 Å². The summed E-state index contributed by atoms with van der Waals surface area (Å²) in [6.07, 6.45) is 1.94. The minimum atomic E-state index is 0.141. The molecule has 4 nitrogen and oxygen atoms in total. The fourth-order valence-electron chi connectivity index (χ4n) is 2.75. The summed E-state index contributed by atoms with van der Waals surface area (Å²) >= 11 is 1.68. The molecule has 0 radical (unpaired) electrons. The maximum Gasteiger partial charge on any atom is 0.220 e. The van der Waals surface area contributed by atoms with Gasteiger partial charge in [0.2, 0.25) is 5.91 Å². The first kappa shape index (κ1) is 16.5. The summed E-state index contributed by atoms with van der Waals surface area (Å²) < 4.78 is 5.74. The van der Waals surface area contributed by atoms with Gasteiger partial charge >= 0.3 is 0 Å². The second-order valence-electron chi connectivity index (χ2n) is 6.00. The number of hydrogen-bond acceptors (Lipinski definition) is 4. The molecule has 0 bridgehead atoms. The van der Waals surface area contributed by atoms with Crippen LogP contribution in [0.1, 0.15) is 32.8 Å². The molecule has 2 heterocycles. The number of rotatable bonds is 6. The van der Waals surface area contributed by atoms with E-state index in [2.05, 4.69) is 47.8 Å². The van der Waals surface area contributed by atoms with Crippen LogP contribution in [0.15, 0.2) is 16.8 Å². The number of nitrogens with zero attached hydrogens (tertiary/aromatic N) is 1. The van der Waals surface area contributed by atoms with Gasteiger partial charge in [0.25, 0.3) is 0 Å². The summed E-state index contributed by atoms with van der Waals surface area (Å²) in [5, 5.41) is 7.21. The molecule has 21 heavy (non-hydrogen) atoms. The summed E-state index contributed by atoms with van der Waals surface area (Å²) in [5.41, 5.74) is 1.25. The Morgan fingerprint density at radius 2 is 2.19 bits per heavy atom.